The Bertz CT molecular complexity index is 613. The third-order valence-electron chi connectivity index (χ3n) is 3.46. The van der Waals surface area contributed by atoms with Crippen molar-refractivity contribution in [2.75, 3.05) is 29.9 Å². The second-order valence-electron chi connectivity index (χ2n) is 5.22. The number of rotatable bonds is 2. The van der Waals surface area contributed by atoms with Crippen molar-refractivity contribution in [1.82, 2.24) is 4.90 Å². The van der Waals surface area contributed by atoms with Crippen LogP contribution in [0.5, 0.6) is 0 Å². The number of amides is 2. The molecule has 0 radical (unpaired) electrons. The number of urea groups is 1. The molecule has 1 aliphatic rings. The van der Waals surface area contributed by atoms with Gasteiger partial charge in [-0.15, -0.1) is 0 Å². The third kappa shape index (κ3) is 4.44. The molecule has 6 nitrogen and oxygen atoms in total. The van der Waals surface area contributed by atoms with Crippen molar-refractivity contribution in [2.45, 2.75) is 19.4 Å². The van der Waals surface area contributed by atoms with Crippen molar-refractivity contribution in [3.63, 3.8) is 0 Å². The molecule has 7 heteroatoms. The second kappa shape index (κ2) is 6.44. The lowest BCUT2D eigenvalue weighted by molar-refractivity contribution is 0.199. The molecule has 0 saturated carbocycles. The lowest BCUT2D eigenvalue weighted by atomic mass is 10.1. The van der Waals surface area contributed by atoms with Gasteiger partial charge in [-0.25, -0.2) is 13.2 Å². The van der Waals surface area contributed by atoms with Gasteiger partial charge in [0.1, 0.15) is 0 Å². The van der Waals surface area contributed by atoms with E-state index < -0.39 is 15.9 Å². The Kier molecular flexibility index (Phi) is 4.84. The van der Waals surface area contributed by atoms with E-state index in [-0.39, 0.29) is 24.1 Å². The zero-order chi connectivity index (χ0) is 15.5. The van der Waals surface area contributed by atoms with Gasteiger partial charge in [-0.1, -0.05) is 12.1 Å². The molecule has 21 heavy (non-hydrogen) atoms. The fourth-order valence-corrected chi connectivity index (χ4v) is 3.49. The summed E-state index contributed by atoms with van der Waals surface area (Å²) in [6.45, 7) is 2.30. The Balaban J connectivity index is 2.02. The number of nitrogens with zero attached hydrogens (tertiary/aromatic N) is 1. The zero-order valence-electron chi connectivity index (χ0n) is 11.9. The first-order valence-electron chi connectivity index (χ1n) is 6.92. The van der Waals surface area contributed by atoms with Crippen LogP contribution in [-0.4, -0.2) is 49.1 Å². The smallest absolute Gasteiger partial charge is 0.321 e. The summed E-state index contributed by atoms with van der Waals surface area (Å²) in [6.07, 6.45) is -0.145. The Hall–Kier alpha value is -1.60. The molecule has 1 aromatic carbocycles. The van der Waals surface area contributed by atoms with Gasteiger partial charge in [0.05, 0.1) is 17.6 Å². The van der Waals surface area contributed by atoms with E-state index in [4.69, 9.17) is 0 Å². The normalized spacial score (nSPS) is 19.6. The molecule has 116 valence electrons. The van der Waals surface area contributed by atoms with Crippen LogP contribution in [0.25, 0.3) is 0 Å². The van der Waals surface area contributed by atoms with E-state index in [1.807, 2.05) is 0 Å². The summed E-state index contributed by atoms with van der Waals surface area (Å²) < 4.78 is 23.1. The van der Waals surface area contributed by atoms with Crippen molar-refractivity contribution < 1.29 is 18.3 Å². The van der Waals surface area contributed by atoms with E-state index >= 15 is 0 Å². The number of aliphatic hydroxyl groups is 1. The lowest BCUT2D eigenvalue weighted by Gasteiger charge is -2.20. The minimum Gasteiger partial charge on any atom is -0.389 e. The van der Waals surface area contributed by atoms with Crippen LogP contribution < -0.4 is 5.32 Å². The molecule has 1 unspecified atom stereocenters. The predicted molar refractivity (Wildman–Crippen MR) is 80.9 cm³/mol. The van der Waals surface area contributed by atoms with E-state index in [1.54, 1.807) is 31.2 Å². The van der Waals surface area contributed by atoms with Gasteiger partial charge in [-0.2, -0.15) is 0 Å². The van der Waals surface area contributed by atoms with Crippen molar-refractivity contribution in [1.29, 1.82) is 0 Å². The molecule has 2 rings (SSSR count). The van der Waals surface area contributed by atoms with Gasteiger partial charge in [0.15, 0.2) is 9.84 Å². The van der Waals surface area contributed by atoms with Crippen LogP contribution in [0.2, 0.25) is 0 Å². The molecular weight excluding hydrogens is 292 g/mol. The first kappa shape index (κ1) is 15.8. The summed E-state index contributed by atoms with van der Waals surface area (Å²) in [5.74, 6) is 0.141. The SMILES string of the molecule is CC(O)c1cccc(NC(=O)N2CCCS(=O)(=O)CC2)c1. The van der Waals surface area contributed by atoms with Crippen LogP contribution in [-0.2, 0) is 9.84 Å². The van der Waals surface area contributed by atoms with Gasteiger partial charge < -0.3 is 15.3 Å². The molecular formula is C14H20N2O4S. The molecule has 2 N–H and O–H groups in total. The monoisotopic (exact) mass is 312 g/mol. The van der Waals surface area contributed by atoms with E-state index in [2.05, 4.69) is 5.32 Å². The van der Waals surface area contributed by atoms with Gasteiger partial charge >= 0.3 is 6.03 Å². The molecule has 0 aliphatic carbocycles. The highest BCUT2D eigenvalue weighted by atomic mass is 32.2. The largest absolute Gasteiger partial charge is 0.389 e. The first-order chi connectivity index (χ1) is 9.87. The highest BCUT2D eigenvalue weighted by molar-refractivity contribution is 7.91. The van der Waals surface area contributed by atoms with Crippen LogP contribution in [0, 0.1) is 0 Å². The highest BCUT2D eigenvalue weighted by Gasteiger charge is 2.22. The lowest BCUT2D eigenvalue weighted by Crippen LogP contribution is -2.37. The van der Waals surface area contributed by atoms with Crippen molar-refractivity contribution in [3.8, 4) is 0 Å². The Labute approximate surface area is 124 Å². The van der Waals surface area contributed by atoms with Crippen molar-refractivity contribution in [3.05, 3.63) is 29.8 Å². The summed E-state index contributed by atoms with van der Waals surface area (Å²) >= 11 is 0. The Morgan fingerprint density at radius 3 is 2.81 bits per heavy atom. The van der Waals surface area contributed by atoms with Gasteiger partial charge in [-0.05, 0) is 31.0 Å². The molecule has 2 amide bonds. The van der Waals surface area contributed by atoms with Gasteiger partial charge in [0, 0.05) is 18.8 Å². The molecule has 0 aromatic heterocycles. The number of sulfone groups is 1. The standard InChI is InChI=1S/C14H20N2O4S/c1-11(17)12-4-2-5-13(10-12)15-14(18)16-6-3-8-21(19,20)9-7-16/h2,4-5,10-11,17H,3,6-9H2,1H3,(H,15,18). The summed E-state index contributed by atoms with van der Waals surface area (Å²) in [4.78, 5) is 13.7. The predicted octanol–water partition coefficient (Wildman–Crippen LogP) is 1.39. The van der Waals surface area contributed by atoms with E-state index in [9.17, 15) is 18.3 Å². The maximum Gasteiger partial charge on any atom is 0.321 e. The molecule has 1 aliphatic heterocycles. The topological polar surface area (TPSA) is 86.7 Å². The summed E-state index contributed by atoms with van der Waals surface area (Å²) in [5, 5.41) is 12.3. The number of anilines is 1. The molecule has 1 saturated heterocycles. The molecule has 1 fully saturated rings. The number of nitrogens with one attached hydrogen (secondary N) is 1. The van der Waals surface area contributed by atoms with Crippen LogP contribution >= 0.6 is 0 Å². The van der Waals surface area contributed by atoms with Crippen LogP contribution in [0.1, 0.15) is 25.0 Å². The second-order valence-corrected chi connectivity index (χ2v) is 7.53. The summed E-state index contributed by atoms with van der Waals surface area (Å²) in [7, 11) is -3.03. The highest BCUT2D eigenvalue weighted by Crippen LogP contribution is 2.17. The number of aliphatic hydroxyl groups excluding tert-OH is 1. The fourth-order valence-electron chi connectivity index (χ4n) is 2.22. The van der Waals surface area contributed by atoms with Crippen LogP contribution in [0.15, 0.2) is 24.3 Å². The number of carbonyl (C=O) groups is 1. The van der Waals surface area contributed by atoms with E-state index in [1.165, 1.54) is 4.90 Å². The Morgan fingerprint density at radius 2 is 2.10 bits per heavy atom. The van der Waals surface area contributed by atoms with Crippen LogP contribution in [0.3, 0.4) is 0 Å². The number of hydrogen-bond acceptors (Lipinski definition) is 4. The van der Waals surface area contributed by atoms with Crippen molar-refractivity contribution in [2.24, 2.45) is 0 Å². The van der Waals surface area contributed by atoms with Gasteiger partial charge in [0.2, 0.25) is 0 Å². The van der Waals surface area contributed by atoms with Crippen molar-refractivity contribution >= 4 is 21.6 Å². The number of hydrogen-bond donors (Lipinski definition) is 2. The average Bonchev–Trinajstić information content (AvgIpc) is 2.60. The molecule has 1 heterocycles. The average molecular weight is 312 g/mol. The number of benzene rings is 1. The van der Waals surface area contributed by atoms with E-state index in [0.717, 1.165) is 0 Å². The minimum atomic E-state index is -3.03. The minimum absolute atomic E-state index is 0.00807. The quantitative estimate of drug-likeness (QED) is 0.864. The third-order valence-corrected chi connectivity index (χ3v) is 5.18. The molecule has 0 spiro atoms. The molecule has 1 aromatic rings. The zero-order valence-corrected chi connectivity index (χ0v) is 12.8. The number of carbonyl (C=O) groups excluding carboxylic acids is 1. The maximum atomic E-state index is 12.2. The summed E-state index contributed by atoms with van der Waals surface area (Å²) in [5.41, 5.74) is 1.30. The molecule has 1 atom stereocenters. The fraction of sp³-hybridized carbons (Fsp3) is 0.500. The van der Waals surface area contributed by atoms with Gasteiger partial charge in [-0.3, -0.25) is 0 Å². The maximum absolute atomic E-state index is 12.2. The Morgan fingerprint density at radius 1 is 1.33 bits per heavy atom. The first-order valence-corrected chi connectivity index (χ1v) is 8.74. The molecule has 0 bridgehead atoms. The summed E-state index contributed by atoms with van der Waals surface area (Å²) in [6, 6.07) is 6.66. The van der Waals surface area contributed by atoms with Crippen LogP contribution in [0.4, 0.5) is 10.5 Å². The van der Waals surface area contributed by atoms with E-state index in [0.29, 0.717) is 24.2 Å². The van der Waals surface area contributed by atoms with Gasteiger partial charge in [0.25, 0.3) is 0 Å².